The number of hydrogen-bond acceptors (Lipinski definition) is 9. The summed E-state index contributed by atoms with van der Waals surface area (Å²) in [6, 6.07) is 15.0. The van der Waals surface area contributed by atoms with Crippen molar-refractivity contribution < 1.29 is 19.6 Å². The number of amides is 1. The molecule has 3 aromatic rings. The molecule has 1 atom stereocenters. The second-order valence-electron chi connectivity index (χ2n) is 8.15. The number of non-ortho nitro benzene ring substituents is 2. The smallest absolute Gasteiger partial charge is 0.284 e. The van der Waals surface area contributed by atoms with Crippen LogP contribution < -0.4 is 5.32 Å². The second kappa shape index (κ2) is 9.60. The van der Waals surface area contributed by atoms with Crippen LogP contribution in [0.1, 0.15) is 40.0 Å². The first-order valence-electron chi connectivity index (χ1n) is 10.8. The van der Waals surface area contributed by atoms with Crippen molar-refractivity contribution >= 4 is 28.5 Å². The SMILES string of the molecule is C[C@@H](NC(=O)c1cc([N+](=O)[O-])cc2c1-c1c(cc([N+](=O)[O-])cc1[N+](=O)[O-])C2=C(C#N)C#N)c1ccccc1. The van der Waals surface area contributed by atoms with Gasteiger partial charge in [0, 0.05) is 40.5 Å². The average Bonchev–Trinajstić information content (AvgIpc) is 3.22. The molecule has 1 aliphatic rings. The summed E-state index contributed by atoms with van der Waals surface area (Å²) in [5.74, 6) is -0.823. The highest BCUT2D eigenvalue weighted by Gasteiger charge is 2.39. The molecule has 0 aliphatic heterocycles. The summed E-state index contributed by atoms with van der Waals surface area (Å²) in [5.41, 5.74) is -3.36. The summed E-state index contributed by atoms with van der Waals surface area (Å²) < 4.78 is 0. The monoisotopic (exact) mass is 510 g/mol. The topological polar surface area (TPSA) is 206 Å². The minimum Gasteiger partial charge on any atom is -0.345 e. The van der Waals surface area contributed by atoms with Gasteiger partial charge in [0.2, 0.25) is 0 Å². The third kappa shape index (κ3) is 4.16. The summed E-state index contributed by atoms with van der Waals surface area (Å²) in [6.07, 6.45) is 0. The number of nitrogens with one attached hydrogen (secondary N) is 1. The van der Waals surface area contributed by atoms with E-state index in [0.29, 0.717) is 11.6 Å². The van der Waals surface area contributed by atoms with E-state index in [0.717, 1.165) is 18.2 Å². The lowest BCUT2D eigenvalue weighted by atomic mass is 9.95. The number of carbonyl (C=O) groups is 1. The number of allylic oxidation sites excluding steroid dienone is 1. The molecule has 0 spiro atoms. The highest BCUT2D eigenvalue weighted by Crippen LogP contribution is 2.53. The predicted octanol–water partition coefficient (Wildman–Crippen LogP) is 4.73. The van der Waals surface area contributed by atoms with Crippen molar-refractivity contribution in [1.29, 1.82) is 10.5 Å². The van der Waals surface area contributed by atoms with Crippen LogP contribution in [0.25, 0.3) is 16.7 Å². The maximum atomic E-state index is 13.5. The molecule has 1 amide bonds. The van der Waals surface area contributed by atoms with Gasteiger partial charge in [0.25, 0.3) is 23.0 Å². The number of fused-ring (bicyclic) bond motifs is 3. The van der Waals surface area contributed by atoms with Crippen molar-refractivity contribution in [2.75, 3.05) is 0 Å². The molecule has 13 nitrogen and oxygen atoms in total. The standard InChI is InChI=1S/C25H14N6O7/c1-13(14-5-3-2-4-6-14)28-25(32)20-9-16(29(33)34)7-18-22(15(11-26)12-27)19-8-17(30(35)36)10-21(31(37)38)24(19)23(18)20/h2-10,13H,1H3,(H,28,32)/t13-/m1/s1. The molecule has 0 heterocycles. The Balaban J connectivity index is 2.09. The van der Waals surface area contributed by atoms with E-state index in [-0.39, 0.29) is 33.4 Å². The number of nitro benzene ring substituents is 3. The second-order valence-corrected chi connectivity index (χ2v) is 8.15. The van der Waals surface area contributed by atoms with Crippen molar-refractivity contribution in [3.05, 3.63) is 113 Å². The van der Waals surface area contributed by atoms with E-state index < -0.39 is 49.4 Å². The van der Waals surface area contributed by atoms with Gasteiger partial charge in [-0.15, -0.1) is 0 Å². The van der Waals surface area contributed by atoms with Crippen LogP contribution in [0, 0.1) is 53.0 Å². The van der Waals surface area contributed by atoms with Gasteiger partial charge in [-0.2, -0.15) is 10.5 Å². The minimum atomic E-state index is -0.896. The quantitative estimate of drug-likeness (QED) is 0.216. The summed E-state index contributed by atoms with van der Waals surface area (Å²) in [5, 5.41) is 57.2. The molecule has 186 valence electrons. The number of nitro groups is 3. The first-order chi connectivity index (χ1) is 18.1. The van der Waals surface area contributed by atoms with Gasteiger partial charge >= 0.3 is 0 Å². The maximum absolute atomic E-state index is 13.5. The predicted molar refractivity (Wildman–Crippen MR) is 131 cm³/mol. The Bertz CT molecular complexity index is 1670. The Labute approximate surface area is 213 Å². The Morgan fingerprint density at radius 2 is 1.39 bits per heavy atom. The normalized spacial score (nSPS) is 11.8. The van der Waals surface area contributed by atoms with E-state index in [1.807, 2.05) is 0 Å². The van der Waals surface area contributed by atoms with Crippen LogP contribution in [0.4, 0.5) is 17.1 Å². The van der Waals surface area contributed by atoms with Gasteiger partial charge in [0.1, 0.15) is 17.7 Å². The molecule has 0 saturated heterocycles. The Morgan fingerprint density at radius 1 is 0.842 bits per heavy atom. The summed E-state index contributed by atoms with van der Waals surface area (Å²) in [4.78, 5) is 46.2. The van der Waals surface area contributed by atoms with Crippen LogP contribution in [0.2, 0.25) is 0 Å². The average molecular weight is 510 g/mol. The van der Waals surface area contributed by atoms with Gasteiger partial charge in [-0.25, -0.2) is 0 Å². The van der Waals surface area contributed by atoms with E-state index in [1.54, 1.807) is 49.4 Å². The van der Waals surface area contributed by atoms with Crippen LogP contribution in [0.5, 0.6) is 0 Å². The molecule has 0 saturated carbocycles. The first-order valence-corrected chi connectivity index (χ1v) is 10.8. The van der Waals surface area contributed by atoms with Crippen molar-refractivity contribution in [1.82, 2.24) is 5.32 Å². The lowest BCUT2D eigenvalue weighted by Gasteiger charge is -2.16. The Morgan fingerprint density at radius 3 is 1.92 bits per heavy atom. The maximum Gasteiger partial charge on any atom is 0.284 e. The molecule has 1 N–H and O–H groups in total. The van der Waals surface area contributed by atoms with E-state index >= 15 is 0 Å². The van der Waals surface area contributed by atoms with Crippen LogP contribution in [-0.4, -0.2) is 20.7 Å². The Hall–Kier alpha value is -5.95. The molecule has 4 rings (SSSR count). The molecule has 0 unspecified atom stereocenters. The van der Waals surface area contributed by atoms with Crippen molar-refractivity contribution in [3.8, 4) is 23.3 Å². The van der Waals surface area contributed by atoms with Crippen molar-refractivity contribution in [2.45, 2.75) is 13.0 Å². The van der Waals surface area contributed by atoms with Gasteiger partial charge in [-0.05, 0) is 12.5 Å². The zero-order valence-corrected chi connectivity index (χ0v) is 19.4. The van der Waals surface area contributed by atoms with Crippen molar-refractivity contribution in [3.63, 3.8) is 0 Å². The van der Waals surface area contributed by atoms with E-state index in [1.165, 1.54) is 0 Å². The minimum absolute atomic E-state index is 0.150. The highest BCUT2D eigenvalue weighted by molar-refractivity contribution is 6.14. The van der Waals surface area contributed by atoms with Gasteiger partial charge in [-0.3, -0.25) is 35.1 Å². The van der Waals surface area contributed by atoms with Gasteiger partial charge in [0.05, 0.1) is 38.0 Å². The molecule has 0 bridgehead atoms. The number of hydrogen-bond donors (Lipinski definition) is 1. The summed E-state index contributed by atoms with van der Waals surface area (Å²) >= 11 is 0. The third-order valence-electron chi connectivity index (χ3n) is 6.00. The molecule has 38 heavy (non-hydrogen) atoms. The number of nitriles is 2. The molecule has 1 aliphatic carbocycles. The first kappa shape index (κ1) is 25.2. The number of rotatable bonds is 6. The molecular formula is C25H14N6O7. The lowest BCUT2D eigenvalue weighted by Crippen LogP contribution is -2.27. The van der Waals surface area contributed by atoms with Gasteiger partial charge < -0.3 is 5.32 Å². The van der Waals surface area contributed by atoms with Gasteiger partial charge in [0.15, 0.2) is 0 Å². The zero-order chi connectivity index (χ0) is 27.7. The molecule has 3 aromatic carbocycles. The van der Waals surface area contributed by atoms with E-state index in [9.17, 15) is 45.7 Å². The zero-order valence-electron chi connectivity index (χ0n) is 19.4. The van der Waals surface area contributed by atoms with E-state index in [2.05, 4.69) is 5.32 Å². The molecular weight excluding hydrogens is 496 g/mol. The molecule has 13 heteroatoms. The number of nitrogens with zero attached hydrogens (tertiary/aromatic N) is 5. The number of benzene rings is 3. The largest absolute Gasteiger partial charge is 0.345 e. The van der Waals surface area contributed by atoms with Crippen LogP contribution >= 0.6 is 0 Å². The lowest BCUT2D eigenvalue weighted by molar-refractivity contribution is -0.393. The number of carbonyl (C=O) groups excluding carboxylic acids is 1. The van der Waals surface area contributed by atoms with Crippen molar-refractivity contribution in [2.24, 2.45) is 0 Å². The Kier molecular flexibility index (Phi) is 6.35. The summed E-state index contributed by atoms with van der Waals surface area (Å²) in [6.45, 7) is 1.67. The van der Waals surface area contributed by atoms with Crippen LogP contribution in [0.3, 0.4) is 0 Å². The molecule has 0 fully saturated rings. The fourth-order valence-corrected chi connectivity index (χ4v) is 4.35. The third-order valence-corrected chi connectivity index (χ3v) is 6.00. The fraction of sp³-hybridized carbons (Fsp3) is 0.0800. The highest BCUT2D eigenvalue weighted by atomic mass is 16.6. The fourth-order valence-electron chi connectivity index (χ4n) is 4.35. The molecule has 0 aromatic heterocycles. The summed E-state index contributed by atoms with van der Waals surface area (Å²) in [7, 11) is 0. The van der Waals surface area contributed by atoms with E-state index in [4.69, 9.17) is 0 Å². The van der Waals surface area contributed by atoms with Crippen LogP contribution in [0.15, 0.2) is 60.2 Å². The molecule has 0 radical (unpaired) electrons. The van der Waals surface area contributed by atoms with Crippen LogP contribution in [-0.2, 0) is 0 Å². The van der Waals surface area contributed by atoms with Gasteiger partial charge in [-0.1, -0.05) is 30.3 Å².